The minimum Gasteiger partial charge on any atom is -0.369 e. The Bertz CT molecular complexity index is 1590. The summed E-state index contributed by atoms with van der Waals surface area (Å²) in [6.45, 7) is 6.08. The Hall–Kier alpha value is -4.30. The lowest BCUT2D eigenvalue weighted by molar-refractivity contribution is 0.199. The van der Waals surface area contributed by atoms with Crippen molar-refractivity contribution in [3.63, 3.8) is 0 Å². The highest BCUT2D eigenvalue weighted by molar-refractivity contribution is 5.80. The number of nitrogens with one attached hydrogen (secondary N) is 1. The minimum absolute atomic E-state index is 0.0974. The lowest BCUT2D eigenvalue weighted by Gasteiger charge is -2.39. The molecule has 0 spiro atoms. The Kier molecular flexibility index (Phi) is 7.19. The van der Waals surface area contributed by atoms with Crippen LogP contribution in [-0.4, -0.2) is 56.3 Å². The molecule has 6 rings (SSSR count). The number of para-hydroxylation sites is 1. The zero-order valence-electron chi connectivity index (χ0n) is 22.2. The fourth-order valence-corrected chi connectivity index (χ4v) is 5.52. The summed E-state index contributed by atoms with van der Waals surface area (Å²) in [5.74, 6) is 0.704. The van der Waals surface area contributed by atoms with Crippen LogP contribution in [0, 0.1) is 0 Å². The molecule has 0 bridgehead atoms. The minimum atomic E-state index is -0.355. The first-order valence-corrected chi connectivity index (χ1v) is 13.7. The second-order valence-corrected chi connectivity index (χ2v) is 10.1. The molecule has 0 saturated carbocycles. The first-order valence-electron chi connectivity index (χ1n) is 13.7. The third kappa shape index (κ3) is 5.33. The predicted molar refractivity (Wildman–Crippen MR) is 154 cm³/mol. The molecule has 1 saturated heterocycles. The van der Waals surface area contributed by atoms with E-state index in [9.17, 15) is 4.79 Å². The largest absolute Gasteiger partial charge is 0.369 e. The summed E-state index contributed by atoms with van der Waals surface area (Å²) in [6.07, 6.45) is 1.74. The summed E-state index contributed by atoms with van der Waals surface area (Å²) < 4.78 is 1.87. The van der Waals surface area contributed by atoms with Crippen molar-refractivity contribution in [1.82, 2.24) is 30.1 Å². The number of aryl methyl sites for hydroxylation is 3. The topological polar surface area (TPSA) is 82.9 Å². The van der Waals surface area contributed by atoms with Crippen molar-refractivity contribution in [2.45, 2.75) is 32.4 Å². The van der Waals surface area contributed by atoms with Gasteiger partial charge < -0.3 is 9.88 Å². The second kappa shape index (κ2) is 11.2. The van der Waals surface area contributed by atoms with Gasteiger partial charge in [0.25, 0.3) is 5.56 Å². The average Bonchev–Trinajstić information content (AvgIpc) is 3.45. The molecule has 1 N–H and O–H groups in total. The number of aromatic amines is 1. The van der Waals surface area contributed by atoms with Gasteiger partial charge in [-0.15, -0.1) is 5.10 Å². The molecule has 2 aromatic heterocycles. The van der Waals surface area contributed by atoms with E-state index in [1.165, 1.54) is 16.8 Å². The van der Waals surface area contributed by atoms with Gasteiger partial charge in [-0.25, -0.2) is 4.68 Å². The van der Waals surface area contributed by atoms with Crippen LogP contribution in [-0.2, 0) is 19.4 Å². The fourth-order valence-electron chi connectivity index (χ4n) is 5.52. The van der Waals surface area contributed by atoms with Gasteiger partial charge in [-0.2, -0.15) is 0 Å². The molecule has 5 aromatic rings. The molecule has 3 aromatic carbocycles. The Morgan fingerprint density at radius 3 is 2.36 bits per heavy atom. The Morgan fingerprint density at radius 2 is 1.62 bits per heavy atom. The molecule has 1 atom stereocenters. The molecule has 0 aliphatic carbocycles. The van der Waals surface area contributed by atoms with Gasteiger partial charge in [0.05, 0.1) is 0 Å². The average molecular weight is 520 g/mol. The Morgan fingerprint density at radius 1 is 0.872 bits per heavy atom. The monoisotopic (exact) mass is 519 g/mol. The van der Waals surface area contributed by atoms with Gasteiger partial charge in [-0.05, 0) is 70.1 Å². The number of piperazine rings is 1. The molecule has 1 fully saturated rings. The molecular formula is C31H33N7O. The number of aromatic nitrogens is 5. The van der Waals surface area contributed by atoms with Gasteiger partial charge in [0.15, 0.2) is 5.82 Å². The number of tetrazole rings is 1. The molecule has 39 heavy (non-hydrogen) atoms. The third-order valence-corrected chi connectivity index (χ3v) is 7.70. The number of anilines is 1. The second-order valence-electron chi connectivity index (χ2n) is 10.1. The molecule has 1 aliphatic heterocycles. The van der Waals surface area contributed by atoms with Crippen molar-refractivity contribution in [3.05, 3.63) is 118 Å². The highest BCUT2D eigenvalue weighted by Crippen LogP contribution is 2.29. The van der Waals surface area contributed by atoms with Crippen molar-refractivity contribution in [1.29, 1.82) is 0 Å². The predicted octanol–water partition coefficient (Wildman–Crippen LogP) is 4.23. The number of hydrogen-bond donors (Lipinski definition) is 1. The van der Waals surface area contributed by atoms with Gasteiger partial charge in [-0.1, -0.05) is 61.5 Å². The van der Waals surface area contributed by atoms with E-state index in [0.29, 0.717) is 17.9 Å². The van der Waals surface area contributed by atoms with Crippen LogP contribution in [0.25, 0.3) is 10.9 Å². The SMILES string of the molecule is CCc1ccc2[nH]c(=O)c(C(c3nnnn3CCc3ccccc3)N3CCN(c4ccccc4)CC3)cc2c1. The summed E-state index contributed by atoms with van der Waals surface area (Å²) in [5.41, 5.74) is 5.11. The maximum Gasteiger partial charge on any atom is 0.253 e. The molecule has 8 heteroatoms. The number of benzene rings is 3. The summed E-state index contributed by atoms with van der Waals surface area (Å²) >= 11 is 0. The molecule has 3 heterocycles. The number of pyridine rings is 1. The smallest absolute Gasteiger partial charge is 0.253 e. The zero-order valence-corrected chi connectivity index (χ0v) is 22.2. The summed E-state index contributed by atoms with van der Waals surface area (Å²) in [4.78, 5) is 21.4. The van der Waals surface area contributed by atoms with Crippen LogP contribution in [0.15, 0.2) is 89.7 Å². The van der Waals surface area contributed by atoms with Crippen molar-refractivity contribution in [2.24, 2.45) is 0 Å². The summed E-state index contributed by atoms with van der Waals surface area (Å²) in [7, 11) is 0. The Balaban J connectivity index is 1.36. The third-order valence-electron chi connectivity index (χ3n) is 7.70. The van der Waals surface area contributed by atoms with Crippen molar-refractivity contribution in [3.8, 4) is 0 Å². The van der Waals surface area contributed by atoms with Gasteiger partial charge in [0.2, 0.25) is 0 Å². The van der Waals surface area contributed by atoms with E-state index in [1.807, 2.05) is 41.1 Å². The van der Waals surface area contributed by atoms with Crippen LogP contribution in [0.4, 0.5) is 5.69 Å². The van der Waals surface area contributed by atoms with Crippen LogP contribution >= 0.6 is 0 Å². The van der Waals surface area contributed by atoms with E-state index in [0.717, 1.165) is 49.9 Å². The number of fused-ring (bicyclic) bond motifs is 1. The normalized spacial score (nSPS) is 15.1. The highest BCUT2D eigenvalue weighted by Gasteiger charge is 2.32. The molecule has 8 nitrogen and oxygen atoms in total. The van der Waals surface area contributed by atoms with E-state index in [2.05, 4.69) is 85.8 Å². The van der Waals surface area contributed by atoms with Crippen LogP contribution in [0.2, 0.25) is 0 Å². The van der Waals surface area contributed by atoms with E-state index in [1.54, 1.807) is 0 Å². The molecule has 0 amide bonds. The van der Waals surface area contributed by atoms with Crippen molar-refractivity contribution in [2.75, 3.05) is 31.1 Å². The van der Waals surface area contributed by atoms with E-state index >= 15 is 0 Å². The summed E-state index contributed by atoms with van der Waals surface area (Å²) in [5, 5.41) is 14.0. The maximum atomic E-state index is 13.6. The van der Waals surface area contributed by atoms with Gasteiger partial charge >= 0.3 is 0 Å². The number of nitrogens with zero attached hydrogens (tertiary/aromatic N) is 6. The van der Waals surface area contributed by atoms with E-state index < -0.39 is 0 Å². The van der Waals surface area contributed by atoms with E-state index in [-0.39, 0.29) is 11.6 Å². The molecule has 198 valence electrons. The van der Waals surface area contributed by atoms with Crippen LogP contribution < -0.4 is 10.5 Å². The van der Waals surface area contributed by atoms with Crippen LogP contribution in [0.3, 0.4) is 0 Å². The first kappa shape index (κ1) is 25.0. The lowest BCUT2D eigenvalue weighted by Crippen LogP contribution is -2.49. The molecule has 0 radical (unpaired) electrons. The van der Waals surface area contributed by atoms with Gasteiger partial charge in [-0.3, -0.25) is 9.69 Å². The summed E-state index contributed by atoms with van der Waals surface area (Å²) in [6, 6.07) is 28.7. The highest BCUT2D eigenvalue weighted by atomic mass is 16.1. The molecule has 1 unspecified atom stereocenters. The van der Waals surface area contributed by atoms with E-state index in [4.69, 9.17) is 0 Å². The maximum absolute atomic E-state index is 13.6. The molecule has 1 aliphatic rings. The first-order chi connectivity index (χ1) is 19.2. The van der Waals surface area contributed by atoms with Crippen molar-refractivity contribution >= 4 is 16.6 Å². The quantitative estimate of drug-likeness (QED) is 0.330. The number of H-pyrrole nitrogens is 1. The zero-order chi connectivity index (χ0) is 26.6. The lowest BCUT2D eigenvalue weighted by atomic mass is 10.0. The molecular weight excluding hydrogens is 486 g/mol. The van der Waals surface area contributed by atoms with Crippen molar-refractivity contribution < 1.29 is 0 Å². The standard InChI is InChI=1S/C31H33N7O/c1-2-23-13-14-28-25(21-23)22-27(31(39)32-28)29(37-19-17-36(18-20-37)26-11-7-4-8-12-26)30-33-34-35-38(30)16-15-24-9-5-3-6-10-24/h3-14,21-22,29H,2,15-20H2,1H3,(H,32,39). The number of rotatable bonds is 8. The Labute approximate surface area is 227 Å². The fraction of sp³-hybridized carbons (Fsp3) is 0.290. The van der Waals surface area contributed by atoms with Crippen LogP contribution in [0.5, 0.6) is 0 Å². The van der Waals surface area contributed by atoms with Gasteiger partial charge in [0, 0.05) is 49.5 Å². The van der Waals surface area contributed by atoms with Crippen LogP contribution in [0.1, 0.15) is 35.5 Å². The number of hydrogen-bond acceptors (Lipinski definition) is 6. The van der Waals surface area contributed by atoms with Gasteiger partial charge in [0.1, 0.15) is 6.04 Å².